The van der Waals surface area contributed by atoms with Crippen LogP contribution < -0.4 is 10.6 Å². The highest BCUT2D eigenvalue weighted by molar-refractivity contribution is 5.93. The Morgan fingerprint density at radius 2 is 1.96 bits per heavy atom. The maximum absolute atomic E-state index is 11.9. The molecule has 0 fully saturated rings. The molecule has 3 rings (SSSR count). The minimum Gasteiger partial charge on any atom is -0.363 e. The second-order valence-electron chi connectivity index (χ2n) is 9.38. The summed E-state index contributed by atoms with van der Waals surface area (Å²) in [4.78, 5) is 25.9. The van der Waals surface area contributed by atoms with E-state index in [1.807, 2.05) is 19.2 Å². The largest absolute Gasteiger partial charge is 0.363 e. The molecule has 28 heavy (non-hydrogen) atoms. The highest BCUT2D eigenvalue weighted by Gasteiger charge is 2.34. The van der Waals surface area contributed by atoms with Crippen LogP contribution in [-0.4, -0.2) is 27.4 Å². The van der Waals surface area contributed by atoms with Crippen molar-refractivity contribution in [1.82, 2.24) is 20.3 Å². The first-order valence-corrected chi connectivity index (χ1v) is 9.96. The summed E-state index contributed by atoms with van der Waals surface area (Å²) < 4.78 is 0. The van der Waals surface area contributed by atoms with Crippen molar-refractivity contribution in [2.45, 2.75) is 65.8 Å². The summed E-state index contributed by atoms with van der Waals surface area (Å²) in [7, 11) is 0. The van der Waals surface area contributed by atoms with Gasteiger partial charge in [-0.15, -0.1) is 0 Å². The van der Waals surface area contributed by atoms with E-state index in [4.69, 9.17) is 4.98 Å². The molecule has 2 aromatic rings. The number of hydrogen-bond donors (Lipinski definition) is 2. The fraction of sp³-hybridized carbons (Fsp3) is 0.545. The first-order valence-electron chi connectivity index (χ1n) is 9.96. The van der Waals surface area contributed by atoms with Gasteiger partial charge in [-0.3, -0.25) is 4.79 Å². The lowest BCUT2D eigenvalue weighted by Crippen LogP contribution is -2.32. The van der Waals surface area contributed by atoms with Gasteiger partial charge in [-0.25, -0.2) is 15.0 Å². The average molecular weight is 382 g/mol. The van der Waals surface area contributed by atoms with Crippen LogP contribution in [0, 0.1) is 5.41 Å². The van der Waals surface area contributed by atoms with E-state index < -0.39 is 0 Å². The molecular formula is C22H31N5O. The number of nitrogens with zero attached hydrogens (tertiary/aromatic N) is 3. The third kappa shape index (κ3) is 4.49. The highest BCUT2D eigenvalue weighted by Crippen LogP contribution is 2.41. The predicted molar refractivity (Wildman–Crippen MR) is 111 cm³/mol. The number of aromatic nitrogens is 3. The van der Waals surface area contributed by atoms with Crippen LogP contribution in [-0.2, 0) is 11.8 Å². The Bertz CT molecular complexity index is 852. The summed E-state index contributed by atoms with van der Waals surface area (Å²) in [5.74, 6) is 1.53. The monoisotopic (exact) mass is 381 g/mol. The molecule has 0 unspecified atom stereocenters. The van der Waals surface area contributed by atoms with Crippen LogP contribution >= 0.6 is 0 Å². The van der Waals surface area contributed by atoms with Gasteiger partial charge in [0.05, 0.1) is 11.6 Å². The summed E-state index contributed by atoms with van der Waals surface area (Å²) in [6, 6.07) is 3.75. The molecule has 6 nitrogen and oxygen atoms in total. The smallest absolute Gasteiger partial charge is 0.252 e. The van der Waals surface area contributed by atoms with E-state index in [-0.39, 0.29) is 22.8 Å². The minimum absolute atomic E-state index is 0.0734. The molecule has 0 radical (unpaired) electrons. The van der Waals surface area contributed by atoms with Crippen molar-refractivity contribution in [3.63, 3.8) is 0 Å². The van der Waals surface area contributed by atoms with Crippen molar-refractivity contribution in [1.29, 1.82) is 0 Å². The molecule has 0 saturated heterocycles. The van der Waals surface area contributed by atoms with Gasteiger partial charge in [-0.2, -0.15) is 0 Å². The normalized spacial score (nSPS) is 18.3. The summed E-state index contributed by atoms with van der Waals surface area (Å²) in [6.45, 7) is 13.5. The number of anilines is 1. The number of amides is 1. The number of hydrogen-bond acceptors (Lipinski definition) is 5. The van der Waals surface area contributed by atoms with Crippen LogP contribution in [0.25, 0.3) is 0 Å². The molecule has 6 heteroatoms. The molecule has 2 aromatic heterocycles. The van der Waals surface area contributed by atoms with Crippen molar-refractivity contribution < 1.29 is 4.79 Å². The maximum Gasteiger partial charge on any atom is 0.252 e. The zero-order chi connectivity index (χ0) is 20.5. The second kappa shape index (κ2) is 7.49. The molecule has 0 bridgehead atoms. The van der Waals surface area contributed by atoms with E-state index in [1.54, 1.807) is 12.3 Å². The average Bonchev–Trinajstić information content (AvgIpc) is 2.60. The molecule has 0 spiro atoms. The molecular weight excluding hydrogens is 350 g/mol. The van der Waals surface area contributed by atoms with Gasteiger partial charge < -0.3 is 10.6 Å². The number of nitrogens with one attached hydrogen (secondary N) is 2. The Morgan fingerprint density at radius 1 is 1.21 bits per heavy atom. The van der Waals surface area contributed by atoms with E-state index in [9.17, 15) is 4.79 Å². The lowest BCUT2D eigenvalue weighted by molar-refractivity contribution is 0.0955. The Hall–Kier alpha value is -2.50. The summed E-state index contributed by atoms with van der Waals surface area (Å²) in [5, 5.41) is 6.31. The van der Waals surface area contributed by atoms with Crippen molar-refractivity contribution in [2.24, 2.45) is 5.41 Å². The van der Waals surface area contributed by atoms with Gasteiger partial charge in [0.25, 0.3) is 5.91 Å². The number of carbonyl (C=O) groups excluding carboxylic acids is 1. The van der Waals surface area contributed by atoms with Crippen LogP contribution in [0.5, 0.6) is 0 Å². The lowest BCUT2D eigenvalue weighted by atomic mass is 9.74. The molecule has 1 aliphatic carbocycles. The van der Waals surface area contributed by atoms with Gasteiger partial charge in [0, 0.05) is 35.6 Å². The van der Waals surface area contributed by atoms with E-state index in [0.717, 1.165) is 35.7 Å². The highest BCUT2D eigenvalue weighted by atomic mass is 16.1. The molecule has 0 saturated carbocycles. The molecule has 0 aromatic carbocycles. The maximum atomic E-state index is 11.9. The Morgan fingerprint density at radius 3 is 2.57 bits per heavy atom. The van der Waals surface area contributed by atoms with Gasteiger partial charge in [-0.1, -0.05) is 34.6 Å². The second-order valence-corrected chi connectivity index (χ2v) is 9.38. The van der Waals surface area contributed by atoms with E-state index in [0.29, 0.717) is 12.1 Å². The Labute approximate surface area is 167 Å². The fourth-order valence-electron chi connectivity index (χ4n) is 3.59. The molecule has 1 amide bonds. The van der Waals surface area contributed by atoms with Gasteiger partial charge in [0.1, 0.15) is 11.6 Å². The third-order valence-corrected chi connectivity index (χ3v) is 5.03. The number of pyridine rings is 1. The molecule has 2 N–H and O–H groups in total. The SMILES string of the molecule is CCNC(=O)c1ccc(N[C@@H]2CC(C)(C)Cc3nc(C(C)(C)C)ncc32)nc1. The number of carbonyl (C=O) groups is 1. The molecule has 0 aliphatic heterocycles. The summed E-state index contributed by atoms with van der Waals surface area (Å²) in [6.07, 6.45) is 5.49. The first-order chi connectivity index (χ1) is 13.1. The zero-order valence-corrected chi connectivity index (χ0v) is 17.8. The van der Waals surface area contributed by atoms with Crippen LogP contribution in [0.2, 0.25) is 0 Å². The van der Waals surface area contributed by atoms with Gasteiger partial charge >= 0.3 is 0 Å². The third-order valence-electron chi connectivity index (χ3n) is 5.03. The van der Waals surface area contributed by atoms with E-state index in [2.05, 4.69) is 55.2 Å². The van der Waals surface area contributed by atoms with Crippen molar-refractivity contribution in [3.05, 3.63) is 47.2 Å². The van der Waals surface area contributed by atoms with Crippen LogP contribution in [0.1, 0.15) is 81.4 Å². The van der Waals surface area contributed by atoms with Crippen molar-refractivity contribution >= 4 is 11.7 Å². The van der Waals surface area contributed by atoms with Gasteiger partial charge in [0.2, 0.25) is 0 Å². The van der Waals surface area contributed by atoms with E-state index >= 15 is 0 Å². The Balaban J connectivity index is 1.86. The van der Waals surface area contributed by atoms with Gasteiger partial charge in [0.15, 0.2) is 0 Å². The van der Waals surface area contributed by atoms with Gasteiger partial charge in [-0.05, 0) is 37.3 Å². The van der Waals surface area contributed by atoms with E-state index in [1.165, 1.54) is 0 Å². The van der Waals surface area contributed by atoms with Crippen LogP contribution in [0.3, 0.4) is 0 Å². The predicted octanol–water partition coefficient (Wildman–Crippen LogP) is 4.04. The first kappa shape index (κ1) is 20.2. The minimum atomic E-state index is -0.103. The summed E-state index contributed by atoms with van der Waals surface area (Å²) >= 11 is 0. The fourth-order valence-corrected chi connectivity index (χ4v) is 3.59. The topological polar surface area (TPSA) is 79.8 Å². The molecule has 1 aliphatic rings. The summed E-state index contributed by atoms with van der Waals surface area (Å²) in [5.41, 5.74) is 2.88. The van der Waals surface area contributed by atoms with Crippen LogP contribution in [0.4, 0.5) is 5.82 Å². The number of fused-ring (bicyclic) bond motifs is 1. The zero-order valence-electron chi connectivity index (χ0n) is 17.8. The standard InChI is InChI=1S/C22H31N5O/c1-7-23-19(28)14-8-9-18(24-12-14)26-16-10-22(5,6)11-17-15(16)13-25-20(27-17)21(2,3)4/h8-9,12-13,16H,7,10-11H2,1-6H3,(H,23,28)(H,24,26)/t16-/m1/s1. The lowest BCUT2D eigenvalue weighted by Gasteiger charge is -2.37. The quantitative estimate of drug-likeness (QED) is 0.835. The number of rotatable bonds is 4. The molecule has 150 valence electrons. The van der Waals surface area contributed by atoms with Crippen molar-refractivity contribution in [2.75, 3.05) is 11.9 Å². The molecule has 1 atom stereocenters. The van der Waals surface area contributed by atoms with Crippen LogP contribution in [0.15, 0.2) is 24.5 Å². The molecule has 2 heterocycles. The Kier molecular flexibility index (Phi) is 5.41. The van der Waals surface area contributed by atoms with Crippen molar-refractivity contribution in [3.8, 4) is 0 Å².